The lowest BCUT2D eigenvalue weighted by Crippen LogP contribution is -2.45. The maximum atomic E-state index is 12.0. The summed E-state index contributed by atoms with van der Waals surface area (Å²) in [5.74, 6) is 0. The van der Waals surface area contributed by atoms with Crippen molar-refractivity contribution in [2.75, 3.05) is 13.2 Å². The first kappa shape index (κ1) is 12.6. The fourth-order valence-corrected chi connectivity index (χ4v) is 2.46. The van der Waals surface area contributed by atoms with Crippen LogP contribution in [0.1, 0.15) is 33.6 Å². The van der Waals surface area contributed by atoms with Gasteiger partial charge in [0.1, 0.15) is 11.7 Å². The summed E-state index contributed by atoms with van der Waals surface area (Å²) in [6.07, 6.45) is 0.618. The topological polar surface area (TPSA) is 59.0 Å². The average Bonchev–Trinajstić information content (AvgIpc) is 2.55. The van der Waals surface area contributed by atoms with E-state index in [-0.39, 0.29) is 18.2 Å². The number of aliphatic hydroxyl groups excluding tert-OH is 1. The van der Waals surface area contributed by atoms with E-state index in [9.17, 15) is 9.90 Å². The van der Waals surface area contributed by atoms with Gasteiger partial charge in [-0.05, 0) is 33.6 Å². The van der Waals surface area contributed by atoms with Crippen LogP contribution >= 0.6 is 0 Å². The lowest BCUT2D eigenvalue weighted by atomic mass is 10.0. The Labute approximate surface area is 102 Å². The van der Waals surface area contributed by atoms with E-state index in [0.29, 0.717) is 13.2 Å². The van der Waals surface area contributed by atoms with Gasteiger partial charge in [-0.25, -0.2) is 4.79 Å². The van der Waals surface area contributed by atoms with Crippen LogP contribution in [0.5, 0.6) is 0 Å². The summed E-state index contributed by atoms with van der Waals surface area (Å²) in [5.41, 5.74) is -0.504. The molecule has 5 heteroatoms. The van der Waals surface area contributed by atoms with E-state index in [4.69, 9.17) is 9.47 Å². The van der Waals surface area contributed by atoms with Gasteiger partial charge in [-0.3, -0.25) is 4.90 Å². The van der Waals surface area contributed by atoms with Crippen molar-refractivity contribution in [3.8, 4) is 0 Å². The minimum atomic E-state index is -0.590. The van der Waals surface area contributed by atoms with Crippen molar-refractivity contribution in [3.05, 3.63) is 0 Å². The predicted molar refractivity (Wildman–Crippen MR) is 61.7 cm³/mol. The van der Waals surface area contributed by atoms with E-state index in [0.717, 1.165) is 12.8 Å². The molecule has 2 aliphatic rings. The van der Waals surface area contributed by atoms with Crippen LogP contribution in [0.4, 0.5) is 4.79 Å². The van der Waals surface area contributed by atoms with Crippen LogP contribution in [0.25, 0.3) is 0 Å². The monoisotopic (exact) mass is 243 g/mol. The van der Waals surface area contributed by atoms with Crippen LogP contribution in [0, 0.1) is 0 Å². The van der Waals surface area contributed by atoms with Gasteiger partial charge in [0.05, 0.1) is 18.7 Å². The highest BCUT2D eigenvalue weighted by molar-refractivity contribution is 5.69. The Balaban J connectivity index is 2.04. The second kappa shape index (κ2) is 4.46. The summed E-state index contributed by atoms with van der Waals surface area (Å²) in [4.78, 5) is 13.6. The molecule has 0 aromatic heterocycles. The minimum absolute atomic E-state index is 0.0337. The van der Waals surface area contributed by atoms with Gasteiger partial charge in [0.15, 0.2) is 0 Å². The van der Waals surface area contributed by atoms with Crippen LogP contribution in [0.2, 0.25) is 0 Å². The van der Waals surface area contributed by atoms with Crippen molar-refractivity contribution >= 4 is 6.09 Å². The van der Waals surface area contributed by atoms with Crippen molar-refractivity contribution < 1.29 is 19.4 Å². The standard InChI is InChI=1S/C12H21NO4/c1-12(2,3)17-11(15)13-7-9(14)10-8(13)5-4-6-16-10/h8-10,14H,4-7H2,1-3H3. The second-order valence-electron chi connectivity index (χ2n) is 5.75. The molecule has 3 unspecified atom stereocenters. The Hall–Kier alpha value is -0.810. The Kier molecular flexibility index (Phi) is 3.32. The Morgan fingerprint density at radius 1 is 1.47 bits per heavy atom. The first-order valence-electron chi connectivity index (χ1n) is 6.18. The third-order valence-electron chi connectivity index (χ3n) is 3.13. The maximum Gasteiger partial charge on any atom is 0.410 e. The SMILES string of the molecule is CC(C)(C)OC(=O)N1CC(O)C2OCCCC21. The van der Waals surface area contributed by atoms with Crippen LogP contribution in [0.15, 0.2) is 0 Å². The molecule has 0 bridgehead atoms. The second-order valence-corrected chi connectivity index (χ2v) is 5.75. The predicted octanol–water partition coefficient (Wildman–Crippen LogP) is 1.15. The zero-order valence-electron chi connectivity index (χ0n) is 10.7. The molecule has 98 valence electrons. The average molecular weight is 243 g/mol. The number of fused-ring (bicyclic) bond motifs is 1. The molecule has 3 atom stereocenters. The summed E-state index contributed by atoms with van der Waals surface area (Å²) in [7, 11) is 0. The van der Waals surface area contributed by atoms with Crippen molar-refractivity contribution in [3.63, 3.8) is 0 Å². The molecular weight excluding hydrogens is 222 g/mol. The molecule has 1 N–H and O–H groups in total. The largest absolute Gasteiger partial charge is 0.444 e. The van der Waals surface area contributed by atoms with E-state index >= 15 is 0 Å². The van der Waals surface area contributed by atoms with Crippen molar-refractivity contribution in [1.29, 1.82) is 0 Å². The first-order valence-corrected chi connectivity index (χ1v) is 6.18. The normalized spacial score (nSPS) is 33.4. The summed E-state index contributed by atoms with van der Waals surface area (Å²) in [5, 5.41) is 9.87. The molecule has 0 aliphatic carbocycles. The van der Waals surface area contributed by atoms with E-state index in [1.807, 2.05) is 20.8 Å². The van der Waals surface area contributed by atoms with Crippen molar-refractivity contribution in [2.45, 2.75) is 57.5 Å². The number of carbonyl (C=O) groups excluding carboxylic acids is 1. The number of carbonyl (C=O) groups is 1. The highest BCUT2D eigenvalue weighted by Gasteiger charge is 2.46. The quantitative estimate of drug-likeness (QED) is 0.693. The molecule has 1 amide bonds. The van der Waals surface area contributed by atoms with Gasteiger partial charge in [0.25, 0.3) is 0 Å². The fraction of sp³-hybridized carbons (Fsp3) is 0.917. The highest BCUT2D eigenvalue weighted by atomic mass is 16.6. The first-order chi connectivity index (χ1) is 7.88. The van der Waals surface area contributed by atoms with E-state index in [2.05, 4.69) is 0 Å². The summed E-state index contributed by atoms with van der Waals surface area (Å²) < 4.78 is 10.9. The van der Waals surface area contributed by atoms with E-state index < -0.39 is 11.7 Å². The van der Waals surface area contributed by atoms with Crippen molar-refractivity contribution in [1.82, 2.24) is 4.90 Å². The maximum absolute atomic E-state index is 12.0. The highest BCUT2D eigenvalue weighted by Crippen LogP contribution is 2.30. The summed E-state index contributed by atoms with van der Waals surface area (Å²) in [6, 6.07) is -0.0337. The van der Waals surface area contributed by atoms with Gasteiger partial charge in [-0.1, -0.05) is 0 Å². The van der Waals surface area contributed by atoms with Gasteiger partial charge in [-0.2, -0.15) is 0 Å². The molecule has 2 fully saturated rings. The molecule has 2 aliphatic heterocycles. The third kappa shape index (κ3) is 2.72. The van der Waals surface area contributed by atoms with Gasteiger partial charge in [0, 0.05) is 6.61 Å². The molecule has 0 saturated carbocycles. The molecule has 2 saturated heterocycles. The molecule has 0 aromatic rings. The van der Waals surface area contributed by atoms with Gasteiger partial charge < -0.3 is 14.6 Å². The lowest BCUT2D eigenvalue weighted by Gasteiger charge is -2.32. The molecule has 0 aromatic carbocycles. The van der Waals surface area contributed by atoms with Crippen LogP contribution < -0.4 is 0 Å². The zero-order valence-corrected chi connectivity index (χ0v) is 10.7. The number of ether oxygens (including phenoxy) is 2. The van der Waals surface area contributed by atoms with E-state index in [1.165, 1.54) is 0 Å². The molecule has 0 radical (unpaired) electrons. The number of hydrogen-bond donors (Lipinski definition) is 1. The molecular formula is C12H21NO4. The van der Waals surface area contributed by atoms with Gasteiger partial charge in [-0.15, -0.1) is 0 Å². The zero-order chi connectivity index (χ0) is 12.6. The number of likely N-dealkylation sites (tertiary alicyclic amines) is 1. The van der Waals surface area contributed by atoms with E-state index in [1.54, 1.807) is 4.90 Å². The molecule has 2 heterocycles. The lowest BCUT2D eigenvalue weighted by molar-refractivity contribution is -0.0548. The number of amides is 1. The number of hydrogen-bond acceptors (Lipinski definition) is 4. The summed E-state index contributed by atoms with van der Waals surface area (Å²) >= 11 is 0. The van der Waals surface area contributed by atoms with Crippen molar-refractivity contribution in [2.24, 2.45) is 0 Å². The number of β-amino-alcohol motifs (C(OH)–C–C–N with tert-alkyl or cyclic N) is 1. The summed E-state index contributed by atoms with van der Waals surface area (Å²) in [6.45, 7) is 6.50. The Morgan fingerprint density at radius 2 is 2.18 bits per heavy atom. The smallest absolute Gasteiger partial charge is 0.410 e. The Morgan fingerprint density at radius 3 is 2.82 bits per heavy atom. The number of aliphatic hydroxyl groups is 1. The van der Waals surface area contributed by atoms with Gasteiger partial charge >= 0.3 is 6.09 Å². The molecule has 5 nitrogen and oxygen atoms in total. The van der Waals surface area contributed by atoms with Crippen LogP contribution in [0.3, 0.4) is 0 Å². The minimum Gasteiger partial charge on any atom is -0.444 e. The molecule has 2 rings (SSSR count). The molecule has 17 heavy (non-hydrogen) atoms. The van der Waals surface area contributed by atoms with Crippen LogP contribution in [-0.2, 0) is 9.47 Å². The van der Waals surface area contributed by atoms with Crippen LogP contribution in [-0.4, -0.2) is 53.1 Å². The Bertz CT molecular complexity index is 299. The number of nitrogens with zero attached hydrogens (tertiary/aromatic N) is 1. The third-order valence-corrected chi connectivity index (χ3v) is 3.13. The molecule has 0 spiro atoms. The number of rotatable bonds is 0. The van der Waals surface area contributed by atoms with Gasteiger partial charge in [0.2, 0.25) is 0 Å². The fourth-order valence-electron chi connectivity index (χ4n) is 2.46.